The summed E-state index contributed by atoms with van der Waals surface area (Å²) in [6.45, 7) is 4.01. The Morgan fingerprint density at radius 3 is 2.55 bits per heavy atom. The molecule has 0 atom stereocenters. The number of hydrogen-bond acceptors (Lipinski definition) is 4. The first kappa shape index (κ1) is 19.7. The largest absolute Gasteiger partial charge is 0.497 e. The fraction of sp³-hybridized carbons (Fsp3) is 0.435. The predicted molar refractivity (Wildman–Crippen MR) is 113 cm³/mol. The third-order valence-electron chi connectivity index (χ3n) is 5.86. The third kappa shape index (κ3) is 4.71. The van der Waals surface area contributed by atoms with Gasteiger partial charge in [-0.15, -0.1) is 0 Å². The average molecular weight is 396 g/mol. The van der Waals surface area contributed by atoms with Gasteiger partial charge in [-0.25, -0.2) is 4.79 Å². The number of hydrogen-bond donors (Lipinski definition) is 2. The molecule has 4 rings (SSSR count). The Kier molecular flexibility index (Phi) is 6.02. The number of nitrogens with one attached hydrogen (secondary N) is 1. The second kappa shape index (κ2) is 8.84. The highest BCUT2D eigenvalue weighted by Crippen LogP contribution is 2.31. The van der Waals surface area contributed by atoms with E-state index in [1.165, 1.54) is 5.56 Å². The standard InChI is InChI=1S/C23H29N3O3/c1-29-21-6-7-22-19(14-21)8-13-26(22)23(28)24-15-17-2-4-18(5-3-17)16-25-11-9-20(27)10-12-25/h2-7,14,20,27H,8-13,15-16H2,1H3,(H,24,28). The summed E-state index contributed by atoms with van der Waals surface area (Å²) in [6, 6.07) is 14.2. The van der Waals surface area contributed by atoms with E-state index in [2.05, 4.69) is 34.5 Å². The number of piperidine rings is 1. The van der Waals surface area contributed by atoms with Crippen molar-refractivity contribution in [2.24, 2.45) is 0 Å². The van der Waals surface area contributed by atoms with Crippen LogP contribution in [0.4, 0.5) is 10.5 Å². The van der Waals surface area contributed by atoms with Gasteiger partial charge in [-0.1, -0.05) is 24.3 Å². The Labute approximate surface area is 172 Å². The molecule has 2 aliphatic heterocycles. The Morgan fingerprint density at radius 1 is 1.10 bits per heavy atom. The van der Waals surface area contributed by atoms with E-state index >= 15 is 0 Å². The highest BCUT2D eigenvalue weighted by molar-refractivity contribution is 5.94. The van der Waals surface area contributed by atoms with Crippen molar-refractivity contribution in [1.29, 1.82) is 0 Å². The lowest BCUT2D eigenvalue weighted by molar-refractivity contribution is 0.0792. The van der Waals surface area contributed by atoms with E-state index in [-0.39, 0.29) is 12.1 Å². The molecule has 0 unspecified atom stereocenters. The second-order valence-corrected chi connectivity index (χ2v) is 7.88. The molecule has 0 aliphatic carbocycles. The summed E-state index contributed by atoms with van der Waals surface area (Å²) in [7, 11) is 1.66. The van der Waals surface area contributed by atoms with Crippen molar-refractivity contribution < 1.29 is 14.6 Å². The summed E-state index contributed by atoms with van der Waals surface area (Å²) in [5, 5.41) is 12.7. The minimum atomic E-state index is -0.137. The van der Waals surface area contributed by atoms with Crippen LogP contribution < -0.4 is 15.0 Å². The number of methoxy groups -OCH3 is 1. The van der Waals surface area contributed by atoms with Gasteiger partial charge in [0.05, 0.1) is 13.2 Å². The molecule has 0 aromatic heterocycles. The minimum absolute atomic E-state index is 0.0649. The normalized spacial score (nSPS) is 17.2. The molecule has 2 aliphatic rings. The van der Waals surface area contributed by atoms with Crippen LogP contribution >= 0.6 is 0 Å². The molecule has 2 amide bonds. The lowest BCUT2D eigenvalue weighted by Crippen LogP contribution is -2.38. The van der Waals surface area contributed by atoms with Crippen molar-refractivity contribution in [2.75, 3.05) is 31.6 Å². The van der Waals surface area contributed by atoms with Gasteiger partial charge in [0.15, 0.2) is 0 Å². The third-order valence-corrected chi connectivity index (χ3v) is 5.86. The van der Waals surface area contributed by atoms with Crippen molar-refractivity contribution in [3.63, 3.8) is 0 Å². The maximum atomic E-state index is 12.6. The maximum absolute atomic E-state index is 12.6. The minimum Gasteiger partial charge on any atom is -0.497 e. The average Bonchev–Trinajstić information content (AvgIpc) is 3.18. The molecular formula is C23H29N3O3. The molecule has 29 heavy (non-hydrogen) atoms. The van der Waals surface area contributed by atoms with E-state index in [9.17, 15) is 9.90 Å². The van der Waals surface area contributed by atoms with Crippen LogP contribution in [0.3, 0.4) is 0 Å². The molecule has 1 fully saturated rings. The van der Waals surface area contributed by atoms with E-state index in [0.717, 1.165) is 61.5 Å². The number of benzene rings is 2. The number of carbonyl (C=O) groups is 1. The van der Waals surface area contributed by atoms with Crippen LogP contribution in [0, 0.1) is 0 Å². The van der Waals surface area contributed by atoms with Gasteiger partial charge >= 0.3 is 6.03 Å². The number of fused-ring (bicyclic) bond motifs is 1. The highest BCUT2D eigenvalue weighted by atomic mass is 16.5. The van der Waals surface area contributed by atoms with E-state index in [1.54, 1.807) is 12.0 Å². The number of anilines is 1. The Morgan fingerprint density at radius 2 is 1.83 bits per heavy atom. The number of likely N-dealkylation sites (tertiary alicyclic amines) is 1. The van der Waals surface area contributed by atoms with Crippen molar-refractivity contribution in [3.8, 4) is 5.75 Å². The number of aliphatic hydroxyl groups is 1. The molecule has 2 heterocycles. The molecule has 0 spiro atoms. The molecular weight excluding hydrogens is 366 g/mol. The maximum Gasteiger partial charge on any atom is 0.322 e. The zero-order valence-corrected chi connectivity index (χ0v) is 16.9. The summed E-state index contributed by atoms with van der Waals surface area (Å²) < 4.78 is 5.27. The molecule has 0 bridgehead atoms. The van der Waals surface area contributed by atoms with E-state index in [0.29, 0.717) is 13.1 Å². The Hall–Kier alpha value is -2.57. The fourth-order valence-electron chi connectivity index (χ4n) is 4.09. The van der Waals surface area contributed by atoms with Gasteiger partial charge in [0.25, 0.3) is 0 Å². The molecule has 2 N–H and O–H groups in total. The quantitative estimate of drug-likeness (QED) is 0.817. The summed E-state index contributed by atoms with van der Waals surface area (Å²) in [6.07, 6.45) is 2.43. The zero-order valence-electron chi connectivity index (χ0n) is 16.9. The Balaban J connectivity index is 1.29. The monoisotopic (exact) mass is 395 g/mol. The van der Waals surface area contributed by atoms with Crippen molar-refractivity contribution >= 4 is 11.7 Å². The number of carbonyl (C=O) groups excluding carboxylic acids is 1. The summed E-state index contributed by atoms with van der Waals surface area (Å²) >= 11 is 0. The van der Waals surface area contributed by atoms with Gasteiger partial charge < -0.3 is 15.2 Å². The van der Waals surface area contributed by atoms with Crippen LogP contribution in [0.25, 0.3) is 0 Å². The van der Waals surface area contributed by atoms with Gasteiger partial charge in [-0.2, -0.15) is 0 Å². The van der Waals surface area contributed by atoms with Crippen LogP contribution in [0.2, 0.25) is 0 Å². The number of urea groups is 1. The molecule has 1 saturated heterocycles. The van der Waals surface area contributed by atoms with Crippen LogP contribution in [0.5, 0.6) is 5.75 Å². The Bertz CT molecular complexity index is 845. The summed E-state index contributed by atoms with van der Waals surface area (Å²) in [5.41, 5.74) is 4.46. The van der Waals surface area contributed by atoms with E-state index < -0.39 is 0 Å². The van der Waals surface area contributed by atoms with Crippen LogP contribution in [-0.4, -0.2) is 48.9 Å². The van der Waals surface area contributed by atoms with Gasteiger partial charge in [0.1, 0.15) is 5.75 Å². The number of rotatable bonds is 5. The van der Waals surface area contributed by atoms with Gasteiger partial charge in [0, 0.05) is 38.4 Å². The molecule has 0 radical (unpaired) electrons. The smallest absolute Gasteiger partial charge is 0.322 e. The first-order valence-electron chi connectivity index (χ1n) is 10.3. The van der Waals surface area contributed by atoms with Crippen LogP contribution in [0.1, 0.15) is 29.5 Å². The van der Waals surface area contributed by atoms with Gasteiger partial charge in [-0.05, 0) is 54.2 Å². The summed E-state index contributed by atoms with van der Waals surface area (Å²) in [4.78, 5) is 16.8. The number of ether oxygens (including phenoxy) is 1. The van der Waals surface area contributed by atoms with Crippen LogP contribution in [-0.2, 0) is 19.5 Å². The molecule has 2 aromatic rings. The van der Waals surface area contributed by atoms with E-state index in [4.69, 9.17) is 4.74 Å². The van der Waals surface area contributed by atoms with Gasteiger partial charge in [0.2, 0.25) is 0 Å². The topological polar surface area (TPSA) is 65.0 Å². The van der Waals surface area contributed by atoms with Crippen molar-refractivity contribution in [2.45, 2.75) is 38.5 Å². The second-order valence-electron chi connectivity index (χ2n) is 7.88. The molecule has 2 aromatic carbocycles. The number of aliphatic hydroxyl groups excluding tert-OH is 1. The SMILES string of the molecule is COc1ccc2c(c1)CCN2C(=O)NCc1ccc(CN2CCC(O)CC2)cc1. The number of nitrogens with zero attached hydrogens (tertiary/aromatic N) is 2. The lowest BCUT2D eigenvalue weighted by Gasteiger charge is -2.29. The van der Waals surface area contributed by atoms with Gasteiger partial charge in [-0.3, -0.25) is 9.80 Å². The highest BCUT2D eigenvalue weighted by Gasteiger charge is 2.24. The molecule has 6 nitrogen and oxygen atoms in total. The van der Waals surface area contributed by atoms with Crippen molar-refractivity contribution in [1.82, 2.24) is 10.2 Å². The zero-order chi connectivity index (χ0) is 20.2. The first-order chi connectivity index (χ1) is 14.1. The first-order valence-corrected chi connectivity index (χ1v) is 10.3. The fourth-order valence-corrected chi connectivity index (χ4v) is 4.09. The van der Waals surface area contributed by atoms with Crippen molar-refractivity contribution in [3.05, 3.63) is 59.2 Å². The summed E-state index contributed by atoms with van der Waals surface area (Å²) in [5.74, 6) is 0.826. The van der Waals surface area contributed by atoms with E-state index in [1.807, 2.05) is 18.2 Å². The predicted octanol–water partition coefficient (Wildman–Crippen LogP) is 2.92. The molecule has 6 heteroatoms. The molecule has 154 valence electrons. The number of amides is 2. The lowest BCUT2D eigenvalue weighted by atomic mass is 10.1. The van der Waals surface area contributed by atoms with Crippen LogP contribution in [0.15, 0.2) is 42.5 Å². The molecule has 0 saturated carbocycles.